The van der Waals surface area contributed by atoms with Crippen LogP contribution in [0.5, 0.6) is 0 Å². The van der Waals surface area contributed by atoms with Gasteiger partial charge in [0.05, 0.1) is 0 Å². The fourth-order valence-electron chi connectivity index (χ4n) is 1.40. The van der Waals surface area contributed by atoms with Gasteiger partial charge in [0.15, 0.2) is 0 Å². The van der Waals surface area contributed by atoms with Crippen molar-refractivity contribution in [2.24, 2.45) is 0 Å². The first-order valence-electron chi connectivity index (χ1n) is 5.96. The first-order valence-corrected chi connectivity index (χ1v) is 5.96. The molecular weight excluding hydrogens is 278 g/mol. The molecule has 102 valence electrons. The molecule has 1 N–H and O–H groups in total. The molecule has 2 rings (SSSR count). The molecule has 0 saturated heterocycles. The molecule has 1 unspecified atom stereocenters. The second-order valence-electron chi connectivity index (χ2n) is 4.16. The Kier molecular flexibility index (Phi) is 8.60. The van der Waals surface area contributed by atoms with Gasteiger partial charge in [0.2, 0.25) is 5.91 Å². The molecule has 0 aliphatic rings. The van der Waals surface area contributed by atoms with Crippen LogP contribution in [0.2, 0.25) is 0 Å². The van der Waals surface area contributed by atoms with Gasteiger partial charge in [-0.25, -0.2) is 24.3 Å². The first kappa shape index (κ1) is 17.4. The van der Waals surface area contributed by atoms with E-state index in [1.807, 2.05) is 61.5 Å². The van der Waals surface area contributed by atoms with E-state index in [0.29, 0.717) is 5.57 Å². The maximum absolute atomic E-state index is 11.2. The van der Waals surface area contributed by atoms with Crippen LogP contribution in [0, 0.1) is 0 Å². The molecule has 2 nitrogen and oxygen atoms in total. The van der Waals surface area contributed by atoms with Crippen molar-refractivity contribution in [3.05, 3.63) is 72.3 Å². The van der Waals surface area contributed by atoms with Gasteiger partial charge in [-0.2, -0.15) is 30.3 Å². The van der Waals surface area contributed by atoms with Crippen molar-refractivity contribution in [1.29, 1.82) is 0 Å². The molecule has 0 bridgehead atoms. The number of nitrogens with one attached hydrogen (secondary N) is 1. The summed E-state index contributed by atoms with van der Waals surface area (Å²) in [5, 5.41) is 2.84. The Balaban J connectivity index is 0.000000454. The zero-order valence-corrected chi connectivity index (χ0v) is 12.3. The summed E-state index contributed by atoms with van der Waals surface area (Å²) in [4.78, 5) is 11.2. The first-order chi connectivity index (χ1) is 8.61. The smallest absolute Gasteiger partial charge is 0.357 e. The van der Waals surface area contributed by atoms with Crippen LogP contribution in [-0.4, -0.2) is 5.91 Å². The summed E-state index contributed by atoms with van der Waals surface area (Å²) in [6.45, 7) is 7.23. The van der Waals surface area contributed by atoms with Gasteiger partial charge in [0.1, 0.15) is 0 Å². The van der Waals surface area contributed by atoms with E-state index < -0.39 is 0 Å². The molecule has 1 amide bonds. The fraction of sp³-hybridized carbons (Fsp3) is 0.188. The predicted molar refractivity (Wildman–Crippen MR) is 75.4 cm³/mol. The van der Waals surface area contributed by atoms with Gasteiger partial charge in [-0.05, 0) is 6.92 Å². The minimum atomic E-state index is -0.0892. The van der Waals surface area contributed by atoms with E-state index in [9.17, 15) is 4.79 Å². The molecular formula is C16H19FeNO. The maximum Gasteiger partial charge on any atom is 2.00 e. The molecule has 0 aliphatic heterocycles. The quantitative estimate of drug-likeness (QED) is 0.524. The molecule has 0 radical (unpaired) electrons. The molecule has 0 saturated carbocycles. The van der Waals surface area contributed by atoms with Crippen molar-refractivity contribution in [3.8, 4) is 0 Å². The Bertz CT molecular complexity index is 440. The summed E-state index contributed by atoms with van der Waals surface area (Å²) in [5.41, 5.74) is 1.66. The minimum Gasteiger partial charge on any atom is -0.357 e. The number of amides is 1. The van der Waals surface area contributed by atoms with Crippen molar-refractivity contribution >= 4 is 5.91 Å². The average Bonchev–Trinajstić information content (AvgIpc) is 3.05. The largest absolute Gasteiger partial charge is 2.00 e. The summed E-state index contributed by atoms with van der Waals surface area (Å²) in [5.74, 6) is -0.0892. The van der Waals surface area contributed by atoms with Crippen molar-refractivity contribution < 1.29 is 21.9 Å². The second-order valence-corrected chi connectivity index (χ2v) is 4.16. The molecule has 2 aromatic carbocycles. The summed E-state index contributed by atoms with van der Waals surface area (Å²) in [7, 11) is 0. The Morgan fingerprint density at radius 3 is 2.11 bits per heavy atom. The second kappa shape index (κ2) is 9.37. The average molecular weight is 297 g/mol. The Hall–Kier alpha value is -1.57. The molecule has 0 aliphatic carbocycles. The normalized spacial score (nSPS) is 10.4. The van der Waals surface area contributed by atoms with Gasteiger partial charge in [-0.15, -0.1) is 5.56 Å². The molecule has 0 aromatic heterocycles. The Morgan fingerprint density at radius 1 is 1.21 bits per heavy atom. The van der Waals surface area contributed by atoms with E-state index in [2.05, 4.69) is 11.9 Å². The van der Waals surface area contributed by atoms with E-state index in [4.69, 9.17) is 0 Å². The van der Waals surface area contributed by atoms with Gasteiger partial charge in [0, 0.05) is 11.6 Å². The van der Waals surface area contributed by atoms with E-state index in [1.165, 1.54) is 0 Å². The van der Waals surface area contributed by atoms with Crippen LogP contribution >= 0.6 is 0 Å². The Morgan fingerprint density at radius 2 is 1.74 bits per heavy atom. The van der Waals surface area contributed by atoms with Crippen LogP contribution in [0.25, 0.3) is 0 Å². The minimum absolute atomic E-state index is 0. The summed E-state index contributed by atoms with van der Waals surface area (Å²) in [6, 6.07) is 17.9. The van der Waals surface area contributed by atoms with Crippen LogP contribution in [-0.2, 0) is 21.9 Å². The molecule has 3 heteroatoms. The van der Waals surface area contributed by atoms with E-state index in [0.717, 1.165) is 5.56 Å². The van der Waals surface area contributed by atoms with Gasteiger partial charge in [0.25, 0.3) is 0 Å². The molecule has 0 heterocycles. The van der Waals surface area contributed by atoms with E-state index >= 15 is 0 Å². The van der Waals surface area contributed by atoms with Crippen molar-refractivity contribution in [2.75, 3.05) is 0 Å². The maximum atomic E-state index is 11.2. The number of carbonyl (C=O) groups excluding carboxylic acids is 1. The third-order valence-corrected chi connectivity index (χ3v) is 2.48. The van der Waals surface area contributed by atoms with E-state index in [-0.39, 0.29) is 29.0 Å². The van der Waals surface area contributed by atoms with Gasteiger partial charge < -0.3 is 5.32 Å². The molecule has 0 spiro atoms. The molecule has 0 fully saturated rings. The van der Waals surface area contributed by atoms with Crippen molar-refractivity contribution in [2.45, 2.75) is 19.9 Å². The number of hydrogen-bond acceptors (Lipinski definition) is 1. The van der Waals surface area contributed by atoms with Crippen LogP contribution in [0.3, 0.4) is 0 Å². The fourth-order valence-corrected chi connectivity index (χ4v) is 1.40. The van der Waals surface area contributed by atoms with Crippen molar-refractivity contribution in [1.82, 2.24) is 5.32 Å². The summed E-state index contributed by atoms with van der Waals surface area (Å²) >= 11 is 0. The van der Waals surface area contributed by atoms with Crippen LogP contribution in [0.15, 0.2) is 66.7 Å². The van der Waals surface area contributed by atoms with Gasteiger partial charge in [-0.3, -0.25) is 4.79 Å². The zero-order chi connectivity index (χ0) is 13.4. The third kappa shape index (κ3) is 6.80. The predicted octanol–water partition coefficient (Wildman–Crippen LogP) is 3.56. The monoisotopic (exact) mass is 297 g/mol. The van der Waals surface area contributed by atoms with Crippen molar-refractivity contribution in [3.63, 3.8) is 0 Å². The topological polar surface area (TPSA) is 29.1 Å². The number of carbonyl (C=O) groups is 1. The van der Waals surface area contributed by atoms with Gasteiger partial charge >= 0.3 is 17.1 Å². The zero-order valence-electron chi connectivity index (χ0n) is 11.2. The Labute approximate surface area is 125 Å². The SMILES string of the molecule is C=C(C)C(=O)NC(C)[c-]1cccc1.[Fe+2].c1cc[cH-]c1. The van der Waals surface area contributed by atoms with E-state index in [1.54, 1.807) is 6.92 Å². The number of hydrogen-bond donors (Lipinski definition) is 1. The molecule has 2 aromatic rings. The van der Waals surface area contributed by atoms with Crippen LogP contribution < -0.4 is 5.32 Å². The number of rotatable bonds is 3. The van der Waals surface area contributed by atoms with Crippen LogP contribution in [0.1, 0.15) is 25.5 Å². The molecule has 1 atom stereocenters. The summed E-state index contributed by atoms with van der Waals surface area (Å²) in [6.07, 6.45) is 0. The standard InChI is InChI=1S/C11H14NO.C5H5.Fe/c1-8(2)11(13)12-9(3)10-6-4-5-7-10;1-2-4-5-3-1;/h4-7,9H,1H2,2-3H3,(H,12,13);1-5H;/q2*-1;+2. The van der Waals surface area contributed by atoms with Crippen LogP contribution in [0.4, 0.5) is 0 Å². The molecule has 19 heavy (non-hydrogen) atoms. The van der Waals surface area contributed by atoms with Gasteiger partial charge in [-0.1, -0.05) is 13.5 Å². The third-order valence-electron chi connectivity index (χ3n) is 2.48. The summed E-state index contributed by atoms with van der Waals surface area (Å²) < 4.78 is 0.